The van der Waals surface area contributed by atoms with Gasteiger partial charge in [0, 0.05) is 0 Å². The molecule has 100 valence electrons. The predicted octanol–water partition coefficient (Wildman–Crippen LogP) is 2.33. The molecule has 0 radical (unpaired) electrons. The molecule has 1 unspecified atom stereocenters. The summed E-state index contributed by atoms with van der Waals surface area (Å²) in [5.74, 6) is 0.655. The minimum absolute atomic E-state index is 0.167. The predicted molar refractivity (Wildman–Crippen MR) is 70.5 cm³/mol. The van der Waals surface area contributed by atoms with Crippen molar-refractivity contribution < 1.29 is 14.6 Å². The van der Waals surface area contributed by atoms with E-state index in [9.17, 15) is 5.11 Å². The number of aliphatic hydroxyl groups is 1. The Morgan fingerprint density at radius 2 is 1.94 bits per heavy atom. The van der Waals surface area contributed by atoms with Gasteiger partial charge in [-0.25, -0.2) is 0 Å². The third-order valence-electron chi connectivity index (χ3n) is 3.11. The second kappa shape index (κ2) is 6.32. The molecule has 18 heavy (non-hydrogen) atoms. The molecule has 1 N–H and O–H groups in total. The summed E-state index contributed by atoms with van der Waals surface area (Å²) in [6.07, 6.45) is 0.699. The van der Waals surface area contributed by atoms with Gasteiger partial charge in [-0.1, -0.05) is 38.1 Å². The number of hydrogen-bond acceptors (Lipinski definition) is 3. The molecule has 1 aromatic rings. The number of aliphatic hydroxyl groups excluding tert-OH is 1. The van der Waals surface area contributed by atoms with E-state index in [-0.39, 0.29) is 6.10 Å². The lowest BCUT2D eigenvalue weighted by Gasteiger charge is -2.27. The molecule has 1 aliphatic heterocycles. The van der Waals surface area contributed by atoms with Crippen LogP contribution in [0.1, 0.15) is 31.1 Å². The Bertz CT molecular complexity index is 355. The standard InChI is InChI=1S/C15H22O3/c1-11(2)7-12-3-5-13(6-4-12)15(16)10-18-14-8-17-9-14/h3-6,11,14-16H,7-10H2,1-2H3. The van der Waals surface area contributed by atoms with Gasteiger partial charge in [0.15, 0.2) is 0 Å². The van der Waals surface area contributed by atoms with Gasteiger partial charge < -0.3 is 14.6 Å². The van der Waals surface area contributed by atoms with E-state index < -0.39 is 6.10 Å². The first-order chi connectivity index (χ1) is 8.65. The molecule has 0 amide bonds. The van der Waals surface area contributed by atoms with Crippen LogP contribution in [0.25, 0.3) is 0 Å². The van der Waals surface area contributed by atoms with E-state index in [2.05, 4.69) is 26.0 Å². The highest BCUT2D eigenvalue weighted by atomic mass is 16.6. The van der Waals surface area contributed by atoms with Crippen LogP contribution in [0.15, 0.2) is 24.3 Å². The number of rotatable bonds is 6. The summed E-state index contributed by atoms with van der Waals surface area (Å²) in [7, 11) is 0. The van der Waals surface area contributed by atoms with E-state index in [1.54, 1.807) is 0 Å². The SMILES string of the molecule is CC(C)Cc1ccc(C(O)COC2COC2)cc1. The highest BCUT2D eigenvalue weighted by Crippen LogP contribution is 2.17. The highest BCUT2D eigenvalue weighted by Gasteiger charge is 2.20. The third-order valence-corrected chi connectivity index (χ3v) is 3.11. The normalized spacial score (nSPS) is 17.8. The van der Waals surface area contributed by atoms with Crippen LogP contribution in [0.4, 0.5) is 0 Å². The molecular formula is C15H22O3. The molecule has 1 aliphatic rings. The summed E-state index contributed by atoms with van der Waals surface area (Å²) in [6, 6.07) is 8.15. The molecule has 1 atom stereocenters. The molecule has 3 nitrogen and oxygen atoms in total. The van der Waals surface area contributed by atoms with Crippen LogP contribution in [0.5, 0.6) is 0 Å². The van der Waals surface area contributed by atoms with Gasteiger partial charge in [-0.15, -0.1) is 0 Å². The number of benzene rings is 1. The zero-order chi connectivity index (χ0) is 13.0. The zero-order valence-electron chi connectivity index (χ0n) is 11.1. The summed E-state index contributed by atoms with van der Waals surface area (Å²) in [5.41, 5.74) is 2.23. The lowest BCUT2D eigenvalue weighted by molar-refractivity contribution is -0.143. The van der Waals surface area contributed by atoms with Crippen molar-refractivity contribution in [2.75, 3.05) is 19.8 Å². The Kier molecular flexibility index (Phi) is 4.75. The van der Waals surface area contributed by atoms with Gasteiger partial charge in [-0.3, -0.25) is 0 Å². The van der Waals surface area contributed by atoms with Gasteiger partial charge in [0.2, 0.25) is 0 Å². The van der Waals surface area contributed by atoms with Crippen LogP contribution >= 0.6 is 0 Å². The second-order valence-corrected chi connectivity index (χ2v) is 5.35. The smallest absolute Gasteiger partial charge is 0.104 e. The van der Waals surface area contributed by atoms with Crippen LogP contribution in [0.3, 0.4) is 0 Å². The van der Waals surface area contributed by atoms with Gasteiger partial charge in [-0.05, 0) is 23.5 Å². The third kappa shape index (κ3) is 3.80. The van der Waals surface area contributed by atoms with Crippen molar-refractivity contribution in [1.29, 1.82) is 0 Å². The fourth-order valence-electron chi connectivity index (χ4n) is 1.98. The van der Waals surface area contributed by atoms with E-state index in [1.165, 1.54) is 5.56 Å². The van der Waals surface area contributed by atoms with E-state index in [4.69, 9.17) is 9.47 Å². The minimum Gasteiger partial charge on any atom is -0.386 e. The highest BCUT2D eigenvalue weighted by molar-refractivity contribution is 5.24. The maximum atomic E-state index is 10.00. The summed E-state index contributed by atoms with van der Waals surface area (Å²) in [6.45, 7) is 6.06. The van der Waals surface area contributed by atoms with Crippen LogP contribution in [0, 0.1) is 5.92 Å². The number of ether oxygens (including phenoxy) is 2. The first-order valence-electron chi connectivity index (χ1n) is 6.61. The van der Waals surface area contributed by atoms with Gasteiger partial charge in [0.05, 0.1) is 19.8 Å². The molecule has 1 fully saturated rings. The molecule has 0 aliphatic carbocycles. The summed E-state index contributed by atoms with van der Waals surface area (Å²) < 4.78 is 10.5. The van der Waals surface area contributed by atoms with Gasteiger partial charge in [-0.2, -0.15) is 0 Å². The molecule has 2 rings (SSSR count). The molecule has 1 aromatic carbocycles. The zero-order valence-corrected chi connectivity index (χ0v) is 11.1. The largest absolute Gasteiger partial charge is 0.386 e. The van der Waals surface area contributed by atoms with Crippen LogP contribution in [0.2, 0.25) is 0 Å². The van der Waals surface area contributed by atoms with Crippen molar-refractivity contribution in [2.24, 2.45) is 5.92 Å². The van der Waals surface area contributed by atoms with E-state index in [1.807, 2.05) is 12.1 Å². The van der Waals surface area contributed by atoms with E-state index in [0.717, 1.165) is 12.0 Å². The Morgan fingerprint density at radius 3 is 2.44 bits per heavy atom. The van der Waals surface area contributed by atoms with Crippen molar-refractivity contribution in [2.45, 2.75) is 32.5 Å². The van der Waals surface area contributed by atoms with Gasteiger partial charge >= 0.3 is 0 Å². The second-order valence-electron chi connectivity index (χ2n) is 5.35. The van der Waals surface area contributed by atoms with E-state index >= 15 is 0 Å². The molecule has 0 saturated carbocycles. The molecule has 0 aromatic heterocycles. The summed E-state index contributed by atoms with van der Waals surface area (Å²) in [5, 5.41) is 10.00. The lowest BCUT2D eigenvalue weighted by atomic mass is 10.0. The van der Waals surface area contributed by atoms with Crippen molar-refractivity contribution in [1.82, 2.24) is 0 Å². The van der Waals surface area contributed by atoms with Crippen molar-refractivity contribution in [3.8, 4) is 0 Å². The average molecular weight is 250 g/mol. The lowest BCUT2D eigenvalue weighted by Crippen LogP contribution is -2.37. The first kappa shape index (κ1) is 13.5. The van der Waals surface area contributed by atoms with Gasteiger partial charge in [0.25, 0.3) is 0 Å². The molecule has 3 heteroatoms. The molecule has 1 heterocycles. The Balaban J connectivity index is 1.83. The van der Waals surface area contributed by atoms with Crippen molar-refractivity contribution in [3.05, 3.63) is 35.4 Å². The summed E-state index contributed by atoms with van der Waals surface area (Å²) >= 11 is 0. The Labute approximate surface area is 109 Å². The van der Waals surface area contributed by atoms with Crippen LogP contribution in [-0.4, -0.2) is 31.0 Å². The molecule has 0 spiro atoms. The molecule has 0 bridgehead atoms. The van der Waals surface area contributed by atoms with Crippen molar-refractivity contribution >= 4 is 0 Å². The van der Waals surface area contributed by atoms with Crippen LogP contribution in [-0.2, 0) is 15.9 Å². The Morgan fingerprint density at radius 1 is 1.28 bits per heavy atom. The molecule has 1 saturated heterocycles. The fourth-order valence-corrected chi connectivity index (χ4v) is 1.98. The van der Waals surface area contributed by atoms with Gasteiger partial charge in [0.1, 0.15) is 12.2 Å². The van der Waals surface area contributed by atoms with Crippen LogP contribution < -0.4 is 0 Å². The maximum absolute atomic E-state index is 10.00. The van der Waals surface area contributed by atoms with E-state index in [0.29, 0.717) is 25.7 Å². The fraction of sp³-hybridized carbons (Fsp3) is 0.600. The quantitative estimate of drug-likeness (QED) is 0.842. The average Bonchev–Trinajstić information content (AvgIpc) is 2.27. The number of hydrogen-bond donors (Lipinski definition) is 1. The monoisotopic (exact) mass is 250 g/mol. The topological polar surface area (TPSA) is 38.7 Å². The Hall–Kier alpha value is -0.900. The molecular weight excluding hydrogens is 228 g/mol. The maximum Gasteiger partial charge on any atom is 0.104 e. The van der Waals surface area contributed by atoms with Crippen molar-refractivity contribution in [3.63, 3.8) is 0 Å². The first-order valence-corrected chi connectivity index (χ1v) is 6.61. The minimum atomic E-state index is -0.543. The summed E-state index contributed by atoms with van der Waals surface area (Å²) in [4.78, 5) is 0.